The van der Waals surface area contributed by atoms with Gasteiger partial charge in [0, 0.05) is 43.9 Å². The Morgan fingerprint density at radius 1 is 1.15 bits per heavy atom. The van der Waals surface area contributed by atoms with Gasteiger partial charge in [0.1, 0.15) is 0 Å². The lowest BCUT2D eigenvalue weighted by Gasteiger charge is -2.41. The van der Waals surface area contributed by atoms with Gasteiger partial charge < -0.3 is 10.1 Å². The van der Waals surface area contributed by atoms with Gasteiger partial charge in [0.25, 0.3) is 5.91 Å². The van der Waals surface area contributed by atoms with E-state index in [4.69, 9.17) is 4.74 Å². The van der Waals surface area contributed by atoms with Gasteiger partial charge in [0.2, 0.25) is 10.0 Å². The maximum atomic E-state index is 12.9. The molecule has 7 nitrogen and oxygen atoms in total. The first-order valence-electron chi connectivity index (χ1n) is 11.6. The smallest absolute Gasteiger partial charge is 0.251 e. The van der Waals surface area contributed by atoms with E-state index >= 15 is 0 Å². The van der Waals surface area contributed by atoms with Crippen molar-refractivity contribution in [2.45, 2.75) is 56.2 Å². The number of carbonyl (C=O) groups is 1. The second kappa shape index (κ2) is 9.93. The van der Waals surface area contributed by atoms with Gasteiger partial charge in [-0.3, -0.25) is 9.69 Å². The van der Waals surface area contributed by atoms with E-state index in [0.717, 1.165) is 32.4 Å². The van der Waals surface area contributed by atoms with Crippen LogP contribution in [0.2, 0.25) is 0 Å². The van der Waals surface area contributed by atoms with Crippen LogP contribution < -0.4 is 10.0 Å². The maximum Gasteiger partial charge on any atom is 0.251 e. The Labute approximate surface area is 196 Å². The van der Waals surface area contributed by atoms with Crippen molar-refractivity contribution in [3.63, 3.8) is 0 Å². The van der Waals surface area contributed by atoms with E-state index in [-0.39, 0.29) is 29.0 Å². The van der Waals surface area contributed by atoms with Gasteiger partial charge in [-0.25, -0.2) is 13.1 Å². The van der Waals surface area contributed by atoms with E-state index in [2.05, 4.69) is 53.1 Å². The normalized spacial score (nSPS) is 19.3. The number of nitrogens with zero attached hydrogens (tertiary/aromatic N) is 1. The van der Waals surface area contributed by atoms with Crippen LogP contribution in [-0.2, 0) is 27.7 Å². The van der Waals surface area contributed by atoms with Crippen molar-refractivity contribution < 1.29 is 17.9 Å². The lowest BCUT2D eigenvalue weighted by molar-refractivity contribution is 0.0826. The van der Waals surface area contributed by atoms with Crippen LogP contribution in [0.4, 0.5) is 0 Å². The number of sulfonamides is 1. The first-order valence-corrected chi connectivity index (χ1v) is 13.0. The lowest BCUT2D eigenvalue weighted by atomic mass is 9.94. The predicted octanol–water partition coefficient (Wildman–Crippen LogP) is 2.71. The van der Waals surface area contributed by atoms with Gasteiger partial charge in [-0.1, -0.05) is 30.3 Å². The number of benzene rings is 2. The van der Waals surface area contributed by atoms with Crippen LogP contribution in [0.1, 0.15) is 48.2 Å². The highest BCUT2D eigenvalue weighted by molar-refractivity contribution is 7.89. The van der Waals surface area contributed by atoms with Gasteiger partial charge >= 0.3 is 0 Å². The number of fused-ring (bicyclic) bond motifs is 1. The molecule has 2 aromatic carbocycles. The summed E-state index contributed by atoms with van der Waals surface area (Å²) in [4.78, 5) is 15.3. The molecule has 1 fully saturated rings. The molecule has 0 spiro atoms. The van der Waals surface area contributed by atoms with Crippen molar-refractivity contribution in [3.05, 3.63) is 65.2 Å². The van der Waals surface area contributed by atoms with Crippen molar-refractivity contribution in [2.75, 3.05) is 26.2 Å². The Morgan fingerprint density at radius 3 is 2.70 bits per heavy atom. The van der Waals surface area contributed by atoms with Crippen LogP contribution in [0.15, 0.2) is 53.4 Å². The molecule has 2 aliphatic rings. The molecule has 2 aromatic rings. The standard InChI is InChI=1S/C25H33N3O4S/c1-25(2,28-13-12-19-7-3-4-8-21(19)17-28)18-26-24(29)20-9-5-11-23(15-20)33(30,31)27-16-22-10-6-14-32-22/h3-5,7-9,11,15,22,27H,6,10,12-14,16-18H2,1-2H3,(H,26,29)/t22-/m0/s1. The Bertz CT molecular complexity index is 1090. The fourth-order valence-electron chi connectivity index (χ4n) is 4.42. The average Bonchev–Trinajstić information content (AvgIpc) is 3.35. The molecule has 4 rings (SSSR count). The molecule has 8 heteroatoms. The number of amides is 1. The zero-order valence-corrected chi connectivity index (χ0v) is 20.2. The van der Waals surface area contributed by atoms with Crippen LogP contribution in [0.25, 0.3) is 0 Å². The molecule has 1 atom stereocenters. The molecule has 0 aromatic heterocycles. The minimum Gasteiger partial charge on any atom is -0.377 e. The Balaban J connectivity index is 1.36. The van der Waals surface area contributed by atoms with Gasteiger partial charge in [-0.2, -0.15) is 0 Å². The molecule has 0 radical (unpaired) electrons. The van der Waals surface area contributed by atoms with E-state index in [1.807, 2.05) is 0 Å². The molecule has 2 aliphatic heterocycles. The van der Waals surface area contributed by atoms with Gasteiger partial charge in [0.15, 0.2) is 0 Å². The minimum absolute atomic E-state index is 0.0834. The quantitative estimate of drug-likeness (QED) is 0.618. The van der Waals surface area contributed by atoms with E-state index in [9.17, 15) is 13.2 Å². The van der Waals surface area contributed by atoms with Crippen molar-refractivity contribution in [3.8, 4) is 0 Å². The first kappa shape index (κ1) is 23.9. The van der Waals surface area contributed by atoms with Gasteiger partial charge in [0.05, 0.1) is 11.0 Å². The highest BCUT2D eigenvalue weighted by Crippen LogP contribution is 2.25. The summed E-state index contributed by atoms with van der Waals surface area (Å²) < 4.78 is 33.4. The SMILES string of the molecule is CC(C)(CNC(=O)c1cccc(S(=O)(=O)NC[C@@H]2CCCO2)c1)N1CCc2ccccc2C1. The minimum atomic E-state index is -3.71. The second-order valence-corrected chi connectivity index (χ2v) is 11.2. The topological polar surface area (TPSA) is 87.7 Å². The maximum absolute atomic E-state index is 12.9. The summed E-state index contributed by atoms with van der Waals surface area (Å²) in [6.07, 6.45) is 2.70. The van der Waals surface area contributed by atoms with Crippen LogP contribution in [-0.4, -0.2) is 57.1 Å². The zero-order chi connectivity index (χ0) is 23.5. The predicted molar refractivity (Wildman–Crippen MR) is 128 cm³/mol. The molecule has 1 amide bonds. The molecule has 178 valence electrons. The Hall–Kier alpha value is -2.26. The number of nitrogens with one attached hydrogen (secondary N) is 2. The van der Waals surface area contributed by atoms with Crippen LogP contribution in [0, 0.1) is 0 Å². The van der Waals surface area contributed by atoms with Crippen molar-refractivity contribution in [1.29, 1.82) is 0 Å². The molecular weight excluding hydrogens is 438 g/mol. The molecule has 33 heavy (non-hydrogen) atoms. The zero-order valence-electron chi connectivity index (χ0n) is 19.3. The third-order valence-corrected chi connectivity index (χ3v) is 8.02. The fourth-order valence-corrected chi connectivity index (χ4v) is 5.53. The van der Waals surface area contributed by atoms with Gasteiger partial charge in [-0.05, 0) is 62.4 Å². The third kappa shape index (κ3) is 5.81. The molecule has 0 bridgehead atoms. The summed E-state index contributed by atoms with van der Waals surface area (Å²) in [6.45, 7) is 7.40. The lowest BCUT2D eigenvalue weighted by Crippen LogP contribution is -2.53. The number of hydrogen-bond donors (Lipinski definition) is 2. The van der Waals surface area contributed by atoms with E-state index in [0.29, 0.717) is 18.7 Å². The highest BCUT2D eigenvalue weighted by Gasteiger charge is 2.30. The molecule has 2 N–H and O–H groups in total. The summed E-state index contributed by atoms with van der Waals surface area (Å²) in [6, 6.07) is 14.6. The summed E-state index contributed by atoms with van der Waals surface area (Å²) in [7, 11) is -3.71. The summed E-state index contributed by atoms with van der Waals surface area (Å²) in [5.74, 6) is -0.281. The highest BCUT2D eigenvalue weighted by atomic mass is 32.2. The molecule has 2 heterocycles. The molecule has 0 saturated carbocycles. The molecule has 0 unspecified atom stereocenters. The molecule has 0 aliphatic carbocycles. The third-order valence-electron chi connectivity index (χ3n) is 6.60. The monoisotopic (exact) mass is 471 g/mol. The first-order chi connectivity index (χ1) is 15.7. The van der Waals surface area contributed by atoms with Crippen LogP contribution in [0.3, 0.4) is 0 Å². The number of ether oxygens (including phenoxy) is 1. The number of hydrogen-bond acceptors (Lipinski definition) is 5. The largest absolute Gasteiger partial charge is 0.377 e. The van der Waals surface area contributed by atoms with E-state index < -0.39 is 10.0 Å². The van der Waals surface area contributed by atoms with Crippen LogP contribution >= 0.6 is 0 Å². The molecular formula is C25H33N3O4S. The van der Waals surface area contributed by atoms with Gasteiger partial charge in [-0.15, -0.1) is 0 Å². The van der Waals surface area contributed by atoms with E-state index in [1.54, 1.807) is 12.1 Å². The van der Waals surface area contributed by atoms with Crippen molar-refractivity contribution >= 4 is 15.9 Å². The van der Waals surface area contributed by atoms with E-state index in [1.165, 1.54) is 23.3 Å². The Kier molecular flexibility index (Phi) is 7.19. The number of carbonyl (C=O) groups excluding carboxylic acids is 1. The summed E-state index contributed by atoms with van der Waals surface area (Å²) in [5, 5.41) is 3.00. The second-order valence-electron chi connectivity index (χ2n) is 9.45. The fraction of sp³-hybridized carbons (Fsp3) is 0.480. The van der Waals surface area contributed by atoms with Crippen molar-refractivity contribution in [1.82, 2.24) is 14.9 Å². The summed E-state index contributed by atoms with van der Waals surface area (Å²) in [5.41, 5.74) is 2.81. The molecule has 1 saturated heterocycles. The summed E-state index contributed by atoms with van der Waals surface area (Å²) >= 11 is 0. The average molecular weight is 472 g/mol. The Morgan fingerprint density at radius 2 is 1.94 bits per heavy atom. The number of rotatable bonds is 8. The van der Waals surface area contributed by atoms with Crippen molar-refractivity contribution in [2.24, 2.45) is 0 Å². The van der Waals surface area contributed by atoms with Crippen LogP contribution in [0.5, 0.6) is 0 Å².